The molecule has 0 radical (unpaired) electrons. The van der Waals surface area contributed by atoms with E-state index in [9.17, 15) is 14.7 Å². The maximum Gasteiger partial charge on any atom is 0.342 e. The maximum absolute atomic E-state index is 13.2. The Bertz CT molecular complexity index is 1440. The second kappa shape index (κ2) is 9.93. The lowest BCUT2D eigenvalue weighted by molar-refractivity contribution is -0.185. The van der Waals surface area contributed by atoms with E-state index in [0.717, 1.165) is 40.7 Å². The summed E-state index contributed by atoms with van der Waals surface area (Å²) in [6.07, 6.45) is 2.21. The number of aliphatic hydroxyl groups is 1. The number of unbranched alkanes of at least 4 members (excludes halogenated alkanes) is 1. The third kappa shape index (κ3) is 4.45. The van der Waals surface area contributed by atoms with Gasteiger partial charge in [0.1, 0.15) is 11.0 Å². The highest BCUT2D eigenvalue weighted by molar-refractivity contribution is 7.09. The molecule has 3 heterocycles. The van der Waals surface area contributed by atoms with Gasteiger partial charge in [0.25, 0.3) is 5.79 Å². The summed E-state index contributed by atoms with van der Waals surface area (Å²) in [7, 11) is 0. The van der Waals surface area contributed by atoms with Crippen molar-refractivity contribution in [2.75, 3.05) is 11.4 Å². The number of fused-ring (bicyclic) bond motifs is 1. The molecule has 0 aliphatic carbocycles. The molecule has 1 aliphatic heterocycles. The van der Waals surface area contributed by atoms with Crippen LogP contribution in [-0.4, -0.2) is 32.3 Å². The Hall–Kier alpha value is -3.40. The van der Waals surface area contributed by atoms with E-state index in [2.05, 4.69) is 15.7 Å². The largest absolute Gasteiger partial charge is 0.421 e. The first kappa shape index (κ1) is 24.3. The summed E-state index contributed by atoms with van der Waals surface area (Å²) < 4.78 is 14.2. The molecular weight excluding hydrogens is 494 g/mol. The number of ether oxygens (including phenoxy) is 1. The summed E-state index contributed by atoms with van der Waals surface area (Å²) in [6.45, 7) is 4.23. The zero-order chi connectivity index (χ0) is 25.3. The zero-order valence-electron chi connectivity index (χ0n) is 19.9. The van der Waals surface area contributed by atoms with Gasteiger partial charge in [-0.3, -0.25) is 4.79 Å². The number of cyclic esters (lactones) is 1. The minimum atomic E-state index is -1.94. The Morgan fingerprint density at radius 3 is 2.58 bits per heavy atom. The van der Waals surface area contributed by atoms with E-state index in [-0.39, 0.29) is 5.91 Å². The van der Waals surface area contributed by atoms with Gasteiger partial charge in [-0.15, -0.1) is 11.3 Å². The van der Waals surface area contributed by atoms with Gasteiger partial charge in [-0.1, -0.05) is 37.6 Å². The van der Waals surface area contributed by atoms with Crippen LogP contribution in [0.1, 0.15) is 42.7 Å². The van der Waals surface area contributed by atoms with Gasteiger partial charge in [-0.2, -0.15) is 8.75 Å². The summed E-state index contributed by atoms with van der Waals surface area (Å²) in [4.78, 5) is 28.1. The molecule has 1 N–H and O–H groups in total. The van der Waals surface area contributed by atoms with Gasteiger partial charge in [0.05, 0.1) is 17.3 Å². The molecule has 0 saturated heterocycles. The Kier molecular flexibility index (Phi) is 6.70. The van der Waals surface area contributed by atoms with Crippen LogP contribution in [0.4, 0.5) is 5.69 Å². The molecule has 184 valence electrons. The average molecular weight is 520 g/mol. The highest BCUT2D eigenvalue weighted by atomic mass is 32.1. The van der Waals surface area contributed by atoms with Crippen LogP contribution in [0.15, 0.2) is 65.6 Å². The van der Waals surface area contributed by atoms with Crippen LogP contribution in [0.3, 0.4) is 0 Å². The SMILES string of the molecule is CCCCN(C(C)=O)c1ccc(C2(O)OC(=O)C(c3ccc4nsnc4c3)=C2Cc2cccs2)cc1. The number of aromatic nitrogens is 2. The first-order valence-electron chi connectivity index (χ1n) is 11.7. The van der Waals surface area contributed by atoms with Crippen LogP contribution in [0, 0.1) is 0 Å². The fraction of sp³-hybridized carbons (Fsp3) is 0.259. The highest BCUT2D eigenvalue weighted by Crippen LogP contribution is 2.45. The summed E-state index contributed by atoms with van der Waals surface area (Å²) in [6, 6.07) is 16.3. The average Bonchev–Trinajstić information content (AvgIpc) is 3.60. The number of nitrogens with zero attached hydrogens (tertiary/aromatic N) is 3. The van der Waals surface area contributed by atoms with Gasteiger partial charge in [0, 0.05) is 41.6 Å². The number of carbonyl (C=O) groups is 2. The lowest BCUT2D eigenvalue weighted by Crippen LogP contribution is -2.31. The van der Waals surface area contributed by atoms with Crippen LogP contribution < -0.4 is 4.90 Å². The van der Waals surface area contributed by atoms with Crippen molar-refractivity contribution in [3.05, 3.63) is 81.6 Å². The molecule has 36 heavy (non-hydrogen) atoms. The molecule has 0 fully saturated rings. The summed E-state index contributed by atoms with van der Waals surface area (Å²) >= 11 is 2.66. The normalized spacial score (nSPS) is 17.6. The molecule has 1 unspecified atom stereocenters. The fourth-order valence-electron chi connectivity index (χ4n) is 4.45. The molecule has 2 aromatic heterocycles. The Balaban J connectivity index is 1.58. The van der Waals surface area contributed by atoms with Gasteiger partial charge in [0.2, 0.25) is 5.91 Å². The monoisotopic (exact) mass is 519 g/mol. The summed E-state index contributed by atoms with van der Waals surface area (Å²) in [5, 5.41) is 13.8. The molecule has 9 heteroatoms. The fourth-order valence-corrected chi connectivity index (χ4v) is 5.68. The molecule has 1 aliphatic rings. The van der Waals surface area contributed by atoms with Crippen LogP contribution in [-0.2, 0) is 26.5 Å². The number of rotatable bonds is 8. The maximum atomic E-state index is 13.2. The number of carbonyl (C=O) groups excluding carboxylic acids is 2. The van der Waals surface area contributed by atoms with Crippen molar-refractivity contribution >= 4 is 57.2 Å². The smallest absolute Gasteiger partial charge is 0.342 e. The summed E-state index contributed by atoms with van der Waals surface area (Å²) in [5.41, 5.74) is 4.03. The number of anilines is 1. The molecule has 1 atom stereocenters. The lowest BCUT2D eigenvalue weighted by atomic mass is 9.89. The molecule has 0 saturated carbocycles. The molecule has 7 nitrogen and oxygen atoms in total. The van der Waals surface area contributed by atoms with Crippen molar-refractivity contribution in [1.82, 2.24) is 8.75 Å². The first-order chi connectivity index (χ1) is 17.4. The number of benzene rings is 2. The van der Waals surface area contributed by atoms with Gasteiger partial charge in [-0.25, -0.2) is 4.79 Å². The third-order valence-electron chi connectivity index (χ3n) is 6.31. The van der Waals surface area contributed by atoms with E-state index in [1.165, 1.54) is 0 Å². The van der Waals surface area contributed by atoms with Gasteiger partial charge in [-0.05, 0) is 47.7 Å². The van der Waals surface area contributed by atoms with Crippen LogP contribution >= 0.6 is 23.1 Å². The molecule has 5 rings (SSSR count). The zero-order valence-corrected chi connectivity index (χ0v) is 21.6. The standard InChI is InChI=1S/C27H25N3O4S2/c1-3-4-13-30(17(2)31)20-10-8-19(9-11-20)27(33)22(16-21-6-5-14-35-21)25(26(32)34-27)18-7-12-23-24(15-18)29-36-28-23/h5-12,14-15,33H,3-4,13,16H2,1-2H3. The predicted octanol–water partition coefficient (Wildman–Crippen LogP) is 5.30. The molecular formula is C27H25N3O4S2. The highest BCUT2D eigenvalue weighted by Gasteiger charge is 2.48. The van der Waals surface area contributed by atoms with E-state index >= 15 is 0 Å². The van der Waals surface area contributed by atoms with E-state index < -0.39 is 11.8 Å². The topological polar surface area (TPSA) is 92.6 Å². The number of esters is 1. The van der Waals surface area contributed by atoms with Crippen LogP contribution in [0.2, 0.25) is 0 Å². The van der Waals surface area contributed by atoms with Crippen molar-refractivity contribution < 1.29 is 19.4 Å². The second-order valence-corrected chi connectivity index (χ2v) is 10.2. The van der Waals surface area contributed by atoms with Gasteiger partial charge in [0.15, 0.2) is 0 Å². The van der Waals surface area contributed by atoms with Crippen molar-refractivity contribution in [3.8, 4) is 0 Å². The van der Waals surface area contributed by atoms with E-state index in [4.69, 9.17) is 4.74 Å². The van der Waals surface area contributed by atoms with Crippen molar-refractivity contribution in [2.45, 2.75) is 38.9 Å². The van der Waals surface area contributed by atoms with E-state index in [0.29, 0.717) is 40.8 Å². The third-order valence-corrected chi connectivity index (χ3v) is 7.75. The molecule has 1 amide bonds. The number of hydrogen-bond donors (Lipinski definition) is 1. The van der Waals surface area contributed by atoms with Crippen molar-refractivity contribution in [1.29, 1.82) is 0 Å². The minimum absolute atomic E-state index is 0.0466. The Labute approximate surface area is 217 Å². The van der Waals surface area contributed by atoms with Crippen LogP contribution in [0.5, 0.6) is 0 Å². The van der Waals surface area contributed by atoms with Crippen LogP contribution in [0.25, 0.3) is 16.6 Å². The number of hydrogen-bond acceptors (Lipinski definition) is 8. The Morgan fingerprint density at radius 2 is 1.89 bits per heavy atom. The predicted molar refractivity (Wildman–Crippen MR) is 142 cm³/mol. The molecule has 2 aromatic carbocycles. The number of amides is 1. The Morgan fingerprint density at radius 1 is 1.11 bits per heavy atom. The first-order valence-corrected chi connectivity index (χ1v) is 13.3. The van der Waals surface area contributed by atoms with Gasteiger partial charge >= 0.3 is 5.97 Å². The van der Waals surface area contributed by atoms with Gasteiger partial charge < -0.3 is 14.7 Å². The number of thiophene rings is 1. The quantitative estimate of drug-likeness (QED) is 0.318. The molecule has 0 spiro atoms. The van der Waals surface area contributed by atoms with E-state index in [1.54, 1.807) is 53.5 Å². The second-order valence-electron chi connectivity index (χ2n) is 8.68. The van der Waals surface area contributed by atoms with Crippen molar-refractivity contribution in [3.63, 3.8) is 0 Å². The van der Waals surface area contributed by atoms with E-state index in [1.807, 2.05) is 29.6 Å². The lowest BCUT2D eigenvalue weighted by Gasteiger charge is -2.27. The minimum Gasteiger partial charge on any atom is -0.421 e. The van der Waals surface area contributed by atoms with Crippen molar-refractivity contribution in [2.24, 2.45) is 0 Å². The summed E-state index contributed by atoms with van der Waals surface area (Å²) in [5.74, 6) is -2.58. The molecule has 4 aromatic rings. The molecule has 0 bridgehead atoms.